The molecule has 4 rings (SSSR count). The van der Waals surface area contributed by atoms with Crippen LogP contribution < -0.4 is 5.32 Å². The van der Waals surface area contributed by atoms with Crippen molar-refractivity contribution in [2.24, 2.45) is 0 Å². The van der Waals surface area contributed by atoms with Crippen molar-refractivity contribution in [3.63, 3.8) is 0 Å². The van der Waals surface area contributed by atoms with Crippen LogP contribution in [-0.2, 0) is 11.3 Å². The van der Waals surface area contributed by atoms with E-state index in [1.807, 2.05) is 24.3 Å². The van der Waals surface area contributed by atoms with Crippen LogP contribution >= 0.6 is 15.9 Å². The van der Waals surface area contributed by atoms with E-state index in [1.54, 1.807) is 22.9 Å². The average Bonchev–Trinajstić information content (AvgIpc) is 3.34. The molecule has 0 aliphatic rings. The average molecular weight is 459 g/mol. The van der Waals surface area contributed by atoms with Gasteiger partial charge in [0.25, 0.3) is 5.89 Å². The Morgan fingerprint density at radius 3 is 2.72 bits per heavy atom. The second-order valence-electron chi connectivity index (χ2n) is 6.12. The van der Waals surface area contributed by atoms with Gasteiger partial charge in [0.15, 0.2) is 0 Å². The molecule has 9 heteroatoms. The van der Waals surface area contributed by atoms with Gasteiger partial charge in [-0.25, -0.2) is 8.78 Å². The van der Waals surface area contributed by atoms with Crippen LogP contribution in [0.1, 0.15) is 0 Å². The summed E-state index contributed by atoms with van der Waals surface area (Å²) in [5.41, 5.74) is 1.08. The van der Waals surface area contributed by atoms with Crippen molar-refractivity contribution >= 4 is 27.5 Å². The van der Waals surface area contributed by atoms with E-state index in [9.17, 15) is 13.6 Å². The lowest BCUT2D eigenvalue weighted by atomic mass is 10.2. The van der Waals surface area contributed by atoms with Gasteiger partial charge in [-0.15, -0.1) is 0 Å². The first-order valence-corrected chi connectivity index (χ1v) is 9.29. The maximum Gasteiger partial charge on any atom is 0.274 e. The van der Waals surface area contributed by atoms with Crippen LogP contribution in [0.25, 0.3) is 23.0 Å². The second kappa shape index (κ2) is 7.96. The number of hydrogen-bond donors (Lipinski definition) is 1. The fourth-order valence-corrected chi connectivity index (χ4v) is 2.99. The van der Waals surface area contributed by atoms with Crippen LogP contribution in [0, 0.1) is 11.6 Å². The van der Waals surface area contributed by atoms with Crippen LogP contribution in [0.15, 0.2) is 69.8 Å². The summed E-state index contributed by atoms with van der Waals surface area (Å²) in [4.78, 5) is 16.7. The Labute approximate surface area is 172 Å². The first-order chi connectivity index (χ1) is 14.0. The SMILES string of the molecule is O=C(Cn1cccc1-c1nc(-c2ccc(Br)cc2)no1)Nc1cc(F)ccc1F. The quantitative estimate of drug-likeness (QED) is 0.462. The Morgan fingerprint density at radius 1 is 1.14 bits per heavy atom. The van der Waals surface area contributed by atoms with Gasteiger partial charge >= 0.3 is 0 Å². The van der Waals surface area contributed by atoms with E-state index in [2.05, 4.69) is 31.4 Å². The molecule has 0 unspecified atom stereocenters. The topological polar surface area (TPSA) is 73.0 Å². The predicted octanol–water partition coefficient (Wildman–Crippen LogP) is 4.88. The summed E-state index contributed by atoms with van der Waals surface area (Å²) in [6, 6.07) is 13.7. The van der Waals surface area contributed by atoms with Crippen LogP contribution in [-0.4, -0.2) is 20.6 Å². The molecule has 0 aliphatic heterocycles. The summed E-state index contributed by atoms with van der Waals surface area (Å²) >= 11 is 3.37. The van der Waals surface area contributed by atoms with Crippen molar-refractivity contribution in [2.75, 3.05) is 5.32 Å². The minimum atomic E-state index is -0.719. The number of hydrogen-bond acceptors (Lipinski definition) is 4. The predicted molar refractivity (Wildman–Crippen MR) is 106 cm³/mol. The Bertz CT molecular complexity index is 1170. The van der Waals surface area contributed by atoms with E-state index in [1.165, 1.54) is 0 Å². The number of aromatic nitrogens is 3. The third kappa shape index (κ3) is 4.24. The van der Waals surface area contributed by atoms with Crippen molar-refractivity contribution in [1.82, 2.24) is 14.7 Å². The largest absolute Gasteiger partial charge is 0.334 e. The molecule has 1 amide bonds. The van der Waals surface area contributed by atoms with E-state index in [4.69, 9.17) is 4.52 Å². The first-order valence-electron chi connectivity index (χ1n) is 8.49. The third-order valence-electron chi connectivity index (χ3n) is 4.09. The molecule has 1 N–H and O–H groups in total. The summed E-state index contributed by atoms with van der Waals surface area (Å²) in [5.74, 6) is -1.25. The molecule has 0 saturated heterocycles. The Balaban J connectivity index is 1.52. The number of halogens is 3. The molecule has 0 atom stereocenters. The molecular formula is C20H13BrF2N4O2. The normalized spacial score (nSPS) is 10.9. The van der Waals surface area contributed by atoms with Crippen molar-refractivity contribution in [1.29, 1.82) is 0 Å². The molecule has 0 bridgehead atoms. The Hall–Kier alpha value is -3.33. The molecule has 0 aliphatic carbocycles. The van der Waals surface area contributed by atoms with Crippen LogP contribution in [0.5, 0.6) is 0 Å². The monoisotopic (exact) mass is 458 g/mol. The lowest BCUT2D eigenvalue weighted by molar-refractivity contribution is -0.116. The zero-order valence-electron chi connectivity index (χ0n) is 14.8. The first kappa shape index (κ1) is 19.0. The van der Waals surface area contributed by atoms with Crippen LogP contribution in [0.3, 0.4) is 0 Å². The molecule has 4 aromatic rings. The Kier molecular flexibility index (Phi) is 5.22. The van der Waals surface area contributed by atoms with Gasteiger partial charge < -0.3 is 14.4 Å². The zero-order chi connectivity index (χ0) is 20.4. The zero-order valence-corrected chi connectivity index (χ0v) is 16.4. The summed E-state index contributed by atoms with van der Waals surface area (Å²) in [7, 11) is 0. The number of carbonyl (C=O) groups excluding carboxylic acids is 1. The molecule has 29 heavy (non-hydrogen) atoms. The molecule has 0 fully saturated rings. The summed E-state index contributed by atoms with van der Waals surface area (Å²) in [6.07, 6.45) is 1.65. The number of nitrogens with one attached hydrogen (secondary N) is 1. The molecule has 146 valence electrons. The standard InChI is InChI=1S/C20H13BrF2N4O2/c21-13-5-3-12(4-6-13)19-25-20(29-26-19)17-2-1-9-27(17)11-18(28)24-16-10-14(22)7-8-15(16)23/h1-10H,11H2,(H,24,28). The molecule has 0 spiro atoms. The number of nitrogens with zero attached hydrogens (tertiary/aromatic N) is 3. The fourth-order valence-electron chi connectivity index (χ4n) is 2.73. The molecular weight excluding hydrogens is 446 g/mol. The molecule has 2 aromatic carbocycles. The van der Waals surface area contributed by atoms with Gasteiger partial charge in [0.05, 0.1) is 5.69 Å². The summed E-state index contributed by atoms with van der Waals surface area (Å²) in [6.45, 7) is -0.145. The van der Waals surface area contributed by atoms with Gasteiger partial charge in [0, 0.05) is 22.3 Å². The van der Waals surface area contributed by atoms with Crippen molar-refractivity contribution in [3.8, 4) is 23.0 Å². The Morgan fingerprint density at radius 2 is 1.93 bits per heavy atom. The van der Waals surface area contributed by atoms with Gasteiger partial charge in [0.1, 0.15) is 23.9 Å². The number of rotatable bonds is 5. The summed E-state index contributed by atoms with van der Waals surface area (Å²) in [5, 5.41) is 6.33. The molecule has 0 radical (unpaired) electrons. The van der Waals surface area contributed by atoms with Gasteiger partial charge in [0.2, 0.25) is 11.7 Å². The summed E-state index contributed by atoms with van der Waals surface area (Å²) < 4.78 is 34.8. The van der Waals surface area contributed by atoms with E-state index in [0.29, 0.717) is 11.5 Å². The third-order valence-corrected chi connectivity index (χ3v) is 4.62. The van der Waals surface area contributed by atoms with E-state index >= 15 is 0 Å². The van der Waals surface area contributed by atoms with Gasteiger partial charge in [-0.1, -0.05) is 21.1 Å². The number of carbonyl (C=O) groups is 1. The smallest absolute Gasteiger partial charge is 0.274 e. The van der Waals surface area contributed by atoms with Crippen molar-refractivity contribution < 1.29 is 18.1 Å². The molecule has 0 saturated carbocycles. The van der Waals surface area contributed by atoms with E-state index < -0.39 is 17.5 Å². The molecule has 2 aromatic heterocycles. The lowest BCUT2D eigenvalue weighted by Crippen LogP contribution is -2.19. The minimum Gasteiger partial charge on any atom is -0.334 e. The van der Waals surface area contributed by atoms with Gasteiger partial charge in [-0.2, -0.15) is 4.98 Å². The minimum absolute atomic E-state index is 0.145. The highest BCUT2D eigenvalue weighted by Crippen LogP contribution is 2.24. The van der Waals surface area contributed by atoms with E-state index in [0.717, 1.165) is 28.2 Å². The van der Waals surface area contributed by atoms with E-state index in [-0.39, 0.29) is 18.1 Å². The molecule has 6 nitrogen and oxygen atoms in total. The van der Waals surface area contributed by atoms with Gasteiger partial charge in [-0.05, 0) is 48.5 Å². The lowest BCUT2D eigenvalue weighted by Gasteiger charge is -2.09. The van der Waals surface area contributed by atoms with Crippen molar-refractivity contribution in [3.05, 3.63) is 76.9 Å². The maximum absolute atomic E-state index is 13.7. The highest BCUT2D eigenvalue weighted by molar-refractivity contribution is 9.10. The highest BCUT2D eigenvalue weighted by Gasteiger charge is 2.16. The number of anilines is 1. The number of benzene rings is 2. The van der Waals surface area contributed by atoms with Crippen LogP contribution in [0.2, 0.25) is 0 Å². The van der Waals surface area contributed by atoms with Gasteiger partial charge in [-0.3, -0.25) is 4.79 Å². The second-order valence-corrected chi connectivity index (χ2v) is 7.04. The maximum atomic E-state index is 13.7. The highest BCUT2D eigenvalue weighted by atomic mass is 79.9. The number of amides is 1. The van der Waals surface area contributed by atoms with Crippen molar-refractivity contribution in [2.45, 2.75) is 6.54 Å². The molecule has 2 heterocycles. The van der Waals surface area contributed by atoms with Crippen LogP contribution in [0.4, 0.5) is 14.5 Å². The fraction of sp³-hybridized carbons (Fsp3) is 0.0500.